The van der Waals surface area contributed by atoms with E-state index in [0.717, 1.165) is 32.1 Å². The molecule has 1 aromatic rings. The zero-order valence-corrected chi connectivity index (χ0v) is 21.0. The normalized spacial score (nSPS) is 27.4. The molecule has 2 fully saturated rings. The third kappa shape index (κ3) is 5.74. The SMILES string of the molecule is CC(=O)N1CCOc2ccc(S(=O)(=O)NCC3CCC(C(=O)N[C@H]4CCCC[C@H]4C)CC3)cc21. The van der Waals surface area contributed by atoms with Gasteiger partial charge in [0, 0.05) is 25.4 Å². The number of anilines is 1. The number of benzene rings is 1. The van der Waals surface area contributed by atoms with Crippen molar-refractivity contribution in [1.82, 2.24) is 10.0 Å². The second-order valence-electron chi connectivity index (χ2n) is 10.1. The molecular weight excluding hydrogens is 454 g/mol. The first-order chi connectivity index (χ1) is 16.2. The minimum atomic E-state index is -3.72. The monoisotopic (exact) mass is 491 g/mol. The van der Waals surface area contributed by atoms with Gasteiger partial charge in [-0.3, -0.25) is 9.59 Å². The standard InChI is InChI=1S/C25H37N3O5S/c1-17-5-3-4-6-22(17)27-25(30)20-9-7-19(8-10-20)16-26-34(31,32)21-11-12-24-23(15-21)28(18(2)29)13-14-33-24/h11-12,15,17,19-20,22,26H,3-10,13-14,16H2,1-2H3,(H,27,30)/t17-,19?,20?,22+/m1/s1. The topological polar surface area (TPSA) is 105 Å². The van der Waals surface area contributed by atoms with Gasteiger partial charge in [0.25, 0.3) is 0 Å². The van der Waals surface area contributed by atoms with Gasteiger partial charge in [0.1, 0.15) is 12.4 Å². The van der Waals surface area contributed by atoms with Gasteiger partial charge in [-0.15, -0.1) is 0 Å². The molecule has 0 saturated heterocycles. The first-order valence-electron chi connectivity index (χ1n) is 12.6. The van der Waals surface area contributed by atoms with Crippen LogP contribution in [0, 0.1) is 17.8 Å². The summed E-state index contributed by atoms with van der Waals surface area (Å²) in [5.74, 6) is 1.32. The second kappa shape index (κ2) is 10.6. The summed E-state index contributed by atoms with van der Waals surface area (Å²) in [6.07, 6.45) is 7.94. The molecule has 2 saturated carbocycles. The summed E-state index contributed by atoms with van der Waals surface area (Å²) in [5, 5.41) is 3.28. The maximum Gasteiger partial charge on any atom is 0.240 e. The number of amides is 2. The van der Waals surface area contributed by atoms with Crippen LogP contribution in [-0.4, -0.2) is 46.0 Å². The number of ether oxygens (including phenoxy) is 1. The number of hydrogen-bond acceptors (Lipinski definition) is 5. The summed E-state index contributed by atoms with van der Waals surface area (Å²) in [6, 6.07) is 4.92. The van der Waals surface area contributed by atoms with Crippen LogP contribution in [0.2, 0.25) is 0 Å². The Morgan fingerprint density at radius 1 is 1.09 bits per heavy atom. The number of carbonyl (C=O) groups excluding carboxylic acids is 2. The first-order valence-corrected chi connectivity index (χ1v) is 14.1. The molecule has 2 aliphatic carbocycles. The van der Waals surface area contributed by atoms with E-state index in [4.69, 9.17) is 4.74 Å². The highest BCUT2D eigenvalue weighted by Crippen LogP contribution is 2.34. The van der Waals surface area contributed by atoms with Gasteiger partial charge in [-0.2, -0.15) is 0 Å². The summed E-state index contributed by atoms with van der Waals surface area (Å²) in [4.78, 5) is 26.3. The molecule has 4 rings (SSSR count). The quantitative estimate of drug-likeness (QED) is 0.636. The van der Waals surface area contributed by atoms with Crippen LogP contribution >= 0.6 is 0 Å². The van der Waals surface area contributed by atoms with Crippen LogP contribution < -0.4 is 19.7 Å². The van der Waals surface area contributed by atoms with Crippen molar-refractivity contribution in [3.63, 3.8) is 0 Å². The highest BCUT2D eigenvalue weighted by molar-refractivity contribution is 7.89. The third-order valence-electron chi connectivity index (χ3n) is 7.70. The molecule has 2 amide bonds. The molecule has 1 aromatic carbocycles. The zero-order chi connectivity index (χ0) is 24.3. The number of carbonyl (C=O) groups is 2. The lowest BCUT2D eigenvalue weighted by Crippen LogP contribution is -2.44. The van der Waals surface area contributed by atoms with E-state index in [2.05, 4.69) is 17.0 Å². The van der Waals surface area contributed by atoms with E-state index in [0.29, 0.717) is 43.1 Å². The van der Waals surface area contributed by atoms with Crippen molar-refractivity contribution in [1.29, 1.82) is 0 Å². The molecule has 0 unspecified atom stereocenters. The van der Waals surface area contributed by atoms with Crippen LogP contribution in [0.25, 0.3) is 0 Å². The van der Waals surface area contributed by atoms with E-state index in [-0.39, 0.29) is 28.5 Å². The lowest BCUT2D eigenvalue weighted by molar-refractivity contribution is -0.127. The predicted octanol–water partition coefficient (Wildman–Crippen LogP) is 3.21. The van der Waals surface area contributed by atoms with Gasteiger partial charge < -0.3 is 15.0 Å². The number of hydrogen-bond donors (Lipinski definition) is 2. The molecule has 0 bridgehead atoms. The average molecular weight is 492 g/mol. The Hall–Kier alpha value is -2.13. The number of fused-ring (bicyclic) bond motifs is 1. The molecule has 2 atom stereocenters. The first kappa shape index (κ1) is 25.0. The Labute approximate surface area is 202 Å². The molecule has 1 aliphatic heterocycles. The van der Waals surface area contributed by atoms with Crippen LogP contribution in [-0.2, 0) is 19.6 Å². The molecule has 2 N–H and O–H groups in total. The van der Waals surface area contributed by atoms with Gasteiger partial charge >= 0.3 is 0 Å². The van der Waals surface area contributed by atoms with Crippen LogP contribution in [0.4, 0.5) is 5.69 Å². The fraction of sp³-hybridized carbons (Fsp3) is 0.680. The fourth-order valence-corrected chi connectivity index (χ4v) is 6.60. The summed E-state index contributed by atoms with van der Waals surface area (Å²) in [5.41, 5.74) is 0.487. The highest BCUT2D eigenvalue weighted by Gasteiger charge is 2.31. The van der Waals surface area contributed by atoms with Gasteiger partial charge in [-0.1, -0.05) is 19.8 Å². The smallest absolute Gasteiger partial charge is 0.240 e. The summed E-state index contributed by atoms with van der Waals surface area (Å²) in [6.45, 7) is 4.81. The predicted molar refractivity (Wildman–Crippen MR) is 130 cm³/mol. The Morgan fingerprint density at radius 2 is 1.82 bits per heavy atom. The largest absolute Gasteiger partial charge is 0.490 e. The maximum absolute atomic E-state index is 12.9. The van der Waals surface area contributed by atoms with Gasteiger partial charge in [0.2, 0.25) is 21.8 Å². The van der Waals surface area contributed by atoms with Crippen LogP contribution in [0.3, 0.4) is 0 Å². The van der Waals surface area contributed by atoms with Gasteiger partial charge in [-0.25, -0.2) is 13.1 Å². The van der Waals surface area contributed by atoms with Crippen LogP contribution in [0.1, 0.15) is 65.2 Å². The van der Waals surface area contributed by atoms with Crippen molar-refractivity contribution >= 4 is 27.5 Å². The second-order valence-corrected chi connectivity index (χ2v) is 11.9. The molecule has 9 heteroatoms. The summed E-state index contributed by atoms with van der Waals surface area (Å²) in [7, 11) is -3.72. The Bertz CT molecular complexity index is 1000. The fourth-order valence-electron chi connectivity index (χ4n) is 5.46. The van der Waals surface area contributed by atoms with Crippen molar-refractivity contribution in [3.05, 3.63) is 18.2 Å². The van der Waals surface area contributed by atoms with E-state index in [1.54, 1.807) is 6.07 Å². The number of rotatable bonds is 6. The number of sulfonamides is 1. The van der Waals surface area contributed by atoms with Crippen molar-refractivity contribution in [2.24, 2.45) is 17.8 Å². The van der Waals surface area contributed by atoms with E-state index < -0.39 is 10.0 Å². The van der Waals surface area contributed by atoms with Crippen molar-refractivity contribution in [2.45, 2.75) is 76.2 Å². The Balaban J connectivity index is 1.29. The lowest BCUT2D eigenvalue weighted by Gasteiger charge is -2.33. The van der Waals surface area contributed by atoms with E-state index in [9.17, 15) is 18.0 Å². The average Bonchev–Trinajstić information content (AvgIpc) is 2.83. The van der Waals surface area contributed by atoms with Crippen LogP contribution in [0.5, 0.6) is 5.75 Å². The van der Waals surface area contributed by atoms with Crippen molar-refractivity contribution < 1.29 is 22.7 Å². The molecule has 3 aliphatic rings. The Morgan fingerprint density at radius 3 is 2.53 bits per heavy atom. The zero-order valence-electron chi connectivity index (χ0n) is 20.2. The number of nitrogens with one attached hydrogen (secondary N) is 2. The summed E-state index contributed by atoms with van der Waals surface area (Å²) >= 11 is 0. The highest BCUT2D eigenvalue weighted by atomic mass is 32.2. The maximum atomic E-state index is 12.9. The molecular formula is C25H37N3O5S. The van der Waals surface area contributed by atoms with E-state index >= 15 is 0 Å². The molecule has 34 heavy (non-hydrogen) atoms. The van der Waals surface area contributed by atoms with Gasteiger partial charge in [0.15, 0.2) is 0 Å². The minimum absolute atomic E-state index is 0.0280. The lowest BCUT2D eigenvalue weighted by atomic mass is 9.80. The molecule has 0 spiro atoms. The summed E-state index contributed by atoms with van der Waals surface area (Å²) < 4.78 is 34.2. The van der Waals surface area contributed by atoms with Gasteiger partial charge in [0.05, 0.1) is 17.1 Å². The van der Waals surface area contributed by atoms with E-state index in [1.807, 2.05) is 0 Å². The van der Waals surface area contributed by atoms with Gasteiger partial charge in [-0.05, 0) is 68.6 Å². The third-order valence-corrected chi connectivity index (χ3v) is 9.12. The van der Waals surface area contributed by atoms with E-state index in [1.165, 1.54) is 43.2 Å². The minimum Gasteiger partial charge on any atom is -0.490 e. The van der Waals surface area contributed by atoms with Crippen molar-refractivity contribution in [3.8, 4) is 5.75 Å². The molecule has 188 valence electrons. The van der Waals surface area contributed by atoms with Crippen LogP contribution in [0.15, 0.2) is 23.1 Å². The molecule has 1 heterocycles. The molecule has 8 nitrogen and oxygen atoms in total. The molecule has 0 radical (unpaired) electrons. The molecule has 0 aromatic heterocycles. The van der Waals surface area contributed by atoms with Crippen molar-refractivity contribution in [2.75, 3.05) is 24.6 Å². The number of nitrogens with zero attached hydrogens (tertiary/aromatic N) is 1. The Kier molecular flexibility index (Phi) is 7.82.